The first-order valence-corrected chi connectivity index (χ1v) is 6.98. The Hall–Kier alpha value is -1.75. The third kappa shape index (κ3) is 3.22. The minimum Gasteiger partial charge on any atom is -0.496 e. The first-order chi connectivity index (χ1) is 9.51. The van der Waals surface area contributed by atoms with Gasteiger partial charge >= 0.3 is 0 Å². The molecule has 1 N–H and O–H groups in total. The van der Waals surface area contributed by atoms with Crippen molar-refractivity contribution >= 4 is 21.8 Å². The van der Waals surface area contributed by atoms with Crippen LogP contribution in [-0.2, 0) is 6.54 Å². The van der Waals surface area contributed by atoms with E-state index in [2.05, 4.69) is 21.2 Å². The third-order valence-corrected chi connectivity index (χ3v) is 3.36. The van der Waals surface area contributed by atoms with Gasteiger partial charge in [0.1, 0.15) is 5.75 Å². The van der Waals surface area contributed by atoms with Gasteiger partial charge in [-0.1, -0.05) is 17.7 Å². The van der Waals surface area contributed by atoms with E-state index in [1.54, 1.807) is 19.2 Å². The van der Waals surface area contributed by atoms with Crippen LogP contribution in [0.4, 0.5) is 0 Å². The van der Waals surface area contributed by atoms with Gasteiger partial charge in [0.15, 0.2) is 10.4 Å². The minimum atomic E-state index is -0.253. The van der Waals surface area contributed by atoms with Crippen molar-refractivity contribution in [3.63, 3.8) is 0 Å². The molecule has 2 rings (SSSR count). The predicted octanol–water partition coefficient (Wildman–Crippen LogP) is 3.60. The SMILES string of the molecule is COc1c(C)cc(C)cc1CNC(=O)c1ccc(Br)o1. The lowest BCUT2D eigenvalue weighted by atomic mass is 10.1. The average molecular weight is 338 g/mol. The first kappa shape index (κ1) is 14.7. The zero-order valence-electron chi connectivity index (χ0n) is 11.6. The van der Waals surface area contributed by atoms with Gasteiger partial charge in [0.25, 0.3) is 5.91 Å². The maximum absolute atomic E-state index is 11.9. The standard InChI is InChI=1S/C15H16BrNO3/c1-9-6-10(2)14(19-3)11(7-9)8-17-15(18)12-4-5-13(16)20-12/h4-7H,8H2,1-3H3,(H,17,18). The summed E-state index contributed by atoms with van der Waals surface area (Å²) in [7, 11) is 1.63. The molecule has 0 unspecified atom stereocenters. The molecule has 106 valence electrons. The summed E-state index contributed by atoms with van der Waals surface area (Å²) in [6.45, 7) is 4.39. The normalized spacial score (nSPS) is 10.4. The number of hydrogen-bond donors (Lipinski definition) is 1. The van der Waals surface area contributed by atoms with Gasteiger partial charge in [0.05, 0.1) is 7.11 Å². The molecule has 0 spiro atoms. The summed E-state index contributed by atoms with van der Waals surface area (Å²) in [6.07, 6.45) is 0. The number of amides is 1. The topological polar surface area (TPSA) is 51.5 Å². The van der Waals surface area contributed by atoms with Crippen molar-refractivity contribution in [3.05, 3.63) is 51.4 Å². The largest absolute Gasteiger partial charge is 0.496 e. The van der Waals surface area contributed by atoms with Crippen molar-refractivity contribution < 1.29 is 13.9 Å². The van der Waals surface area contributed by atoms with E-state index in [1.807, 2.05) is 26.0 Å². The molecule has 0 fully saturated rings. The van der Waals surface area contributed by atoms with Gasteiger partial charge in [0.2, 0.25) is 0 Å². The van der Waals surface area contributed by atoms with Crippen LogP contribution in [0.3, 0.4) is 0 Å². The first-order valence-electron chi connectivity index (χ1n) is 6.19. The summed E-state index contributed by atoms with van der Waals surface area (Å²) in [4.78, 5) is 11.9. The summed E-state index contributed by atoms with van der Waals surface area (Å²) in [5.74, 6) is 0.827. The highest BCUT2D eigenvalue weighted by Crippen LogP contribution is 2.25. The molecule has 2 aromatic rings. The Labute approximate surface area is 126 Å². The Morgan fingerprint density at radius 1 is 1.35 bits per heavy atom. The number of halogens is 1. The number of ether oxygens (including phenoxy) is 1. The van der Waals surface area contributed by atoms with E-state index >= 15 is 0 Å². The number of carbonyl (C=O) groups is 1. The molecule has 0 aliphatic heterocycles. The molecule has 0 aliphatic carbocycles. The summed E-state index contributed by atoms with van der Waals surface area (Å²) in [5.41, 5.74) is 3.13. The predicted molar refractivity (Wildman–Crippen MR) is 80.0 cm³/mol. The van der Waals surface area contributed by atoms with Gasteiger partial charge in [-0.25, -0.2) is 0 Å². The van der Waals surface area contributed by atoms with Crippen LogP contribution in [0.1, 0.15) is 27.2 Å². The number of aryl methyl sites for hydroxylation is 2. The molecule has 1 aromatic carbocycles. The van der Waals surface area contributed by atoms with Crippen LogP contribution in [0.15, 0.2) is 33.4 Å². The van der Waals surface area contributed by atoms with E-state index in [4.69, 9.17) is 9.15 Å². The molecule has 20 heavy (non-hydrogen) atoms. The fourth-order valence-electron chi connectivity index (χ4n) is 2.16. The van der Waals surface area contributed by atoms with Gasteiger partial charge < -0.3 is 14.5 Å². The molecule has 1 amide bonds. The molecular formula is C15H16BrNO3. The third-order valence-electron chi connectivity index (χ3n) is 2.94. The van der Waals surface area contributed by atoms with Crippen LogP contribution in [0.5, 0.6) is 5.75 Å². The molecule has 1 aromatic heterocycles. The molecular weight excluding hydrogens is 322 g/mol. The maximum Gasteiger partial charge on any atom is 0.287 e. The smallest absolute Gasteiger partial charge is 0.287 e. The van der Waals surface area contributed by atoms with Crippen LogP contribution in [0.25, 0.3) is 0 Å². The number of furan rings is 1. The van der Waals surface area contributed by atoms with Gasteiger partial charge in [-0.05, 0) is 47.5 Å². The number of methoxy groups -OCH3 is 1. The van der Waals surface area contributed by atoms with Gasteiger partial charge in [-0.3, -0.25) is 4.79 Å². The van der Waals surface area contributed by atoms with E-state index in [9.17, 15) is 4.79 Å². The number of nitrogens with one attached hydrogen (secondary N) is 1. The van der Waals surface area contributed by atoms with E-state index in [0.29, 0.717) is 11.2 Å². The summed E-state index contributed by atoms with van der Waals surface area (Å²) >= 11 is 3.17. The highest BCUT2D eigenvalue weighted by atomic mass is 79.9. The van der Waals surface area contributed by atoms with Crippen LogP contribution in [-0.4, -0.2) is 13.0 Å². The zero-order valence-corrected chi connectivity index (χ0v) is 13.2. The molecule has 1 heterocycles. The summed E-state index contributed by atoms with van der Waals surface area (Å²) in [6, 6.07) is 7.36. The Morgan fingerprint density at radius 3 is 2.70 bits per heavy atom. The molecule has 0 aliphatic rings. The van der Waals surface area contributed by atoms with Crippen molar-refractivity contribution in [3.8, 4) is 5.75 Å². The van der Waals surface area contributed by atoms with Crippen molar-refractivity contribution in [2.45, 2.75) is 20.4 Å². The Kier molecular flexibility index (Phi) is 4.49. The summed E-state index contributed by atoms with van der Waals surface area (Å²) in [5, 5.41) is 2.82. The van der Waals surface area contributed by atoms with Gasteiger partial charge in [-0.15, -0.1) is 0 Å². The molecule has 0 bridgehead atoms. The van der Waals surface area contributed by atoms with E-state index in [-0.39, 0.29) is 11.7 Å². The van der Waals surface area contributed by atoms with Crippen LogP contribution in [0.2, 0.25) is 0 Å². The fraction of sp³-hybridized carbons (Fsp3) is 0.267. The quantitative estimate of drug-likeness (QED) is 0.927. The number of benzene rings is 1. The number of hydrogen-bond acceptors (Lipinski definition) is 3. The zero-order chi connectivity index (χ0) is 14.7. The van der Waals surface area contributed by atoms with Crippen molar-refractivity contribution in [1.82, 2.24) is 5.32 Å². The highest BCUT2D eigenvalue weighted by Gasteiger charge is 2.12. The second-order valence-electron chi connectivity index (χ2n) is 4.56. The molecule has 0 saturated heterocycles. The van der Waals surface area contributed by atoms with Crippen LogP contribution >= 0.6 is 15.9 Å². The Bertz CT molecular complexity index is 634. The highest BCUT2D eigenvalue weighted by molar-refractivity contribution is 9.10. The number of rotatable bonds is 4. The Morgan fingerprint density at radius 2 is 2.10 bits per heavy atom. The van der Waals surface area contributed by atoms with E-state index in [0.717, 1.165) is 22.4 Å². The monoisotopic (exact) mass is 337 g/mol. The lowest BCUT2D eigenvalue weighted by Crippen LogP contribution is -2.22. The van der Waals surface area contributed by atoms with Crippen molar-refractivity contribution in [2.75, 3.05) is 7.11 Å². The molecule has 4 nitrogen and oxygen atoms in total. The molecule has 0 atom stereocenters. The molecule has 5 heteroatoms. The lowest BCUT2D eigenvalue weighted by Gasteiger charge is -2.13. The van der Waals surface area contributed by atoms with E-state index < -0.39 is 0 Å². The van der Waals surface area contributed by atoms with E-state index in [1.165, 1.54) is 0 Å². The average Bonchev–Trinajstić information content (AvgIpc) is 2.82. The fourth-order valence-corrected chi connectivity index (χ4v) is 2.47. The molecule has 0 radical (unpaired) electrons. The van der Waals surface area contributed by atoms with Crippen LogP contribution < -0.4 is 10.1 Å². The maximum atomic E-state index is 11.9. The summed E-state index contributed by atoms with van der Waals surface area (Å²) < 4.78 is 11.1. The van der Waals surface area contributed by atoms with Crippen LogP contribution in [0, 0.1) is 13.8 Å². The number of carbonyl (C=O) groups excluding carboxylic acids is 1. The Balaban J connectivity index is 2.13. The molecule has 0 saturated carbocycles. The van der Waals surface area contributed by atoms with Gasteiger partial charge in [0, 0.05) is 12.1 Å². The lowest BCUT2D eigenvalue weighted by molar-refractivity contribution is 0.0921. The van der Waals surface area contributed by atoms with Crippen molar-refractivity contribution in [2.24, 2.45) is 0 Å². The second kappa shape index (κ2) is 6.13. The van der Waals surface area contributed by atoms with Crippen molar-refractivity contribution in [1.29, 1.82) is 0 Å². The van der Waals surface area contributed by atoms with Gasteiger partial charge in [-0.2, -0.15) is 0 Å². The second-order valence-corrected chi connectivity index (χ2v) is 5.34. The minimum absolute atomic E-state index is 0.253.